The van der Waals surface area contributed by atoms with E-state index in [9.17, 15) is 15.0 Å². The number of hydrogen-bond acceptors (Lipinski definition) is 3. The van der Waals surface area contributed by atoms with Gasteiger partial charge in [0, 0.05) is 6.42 Å². The third-order valence-electron chi connectivity index (χ3n) is 8.55. The van der Waals surface area contributed by atoms with Crippen molar-refractivity contribution in [3.05, 3.63) is 11.6 Å². The Balaban J connectivity index is 1.74. The van der Waals surface area contributed by atoms with Crippen LogP contribution in [-0.4, -0.2) is 27.7 Å². The van der Waals surface area contributed by atoms with Gasteiger partial charge in [-0.25, -0.2) is 0 Å². The van der Waals surface area contributed by atoms with E-state index in [4.69, 9.17) is 0 Å². The molecule has 0 saturated heterocycles. The van der Waals surface area contributed by atoms with Gasteiger partial charge in [0.15, 0.2) is 5.78 Å². The van der Waals surface area contributed by atoms with E-state index in [-0.39, 0.29) is 28.6 Å². The summed E-state index contributed by atoms with van der Waals surface area (Å²) in [6.07, 6.45) is 7.69. The molecule has 3 saturated carbocycles. The van der Waals surface area contributed by atoms with Gasteiger partial charge in [-0.1, -0.05) is 19.4 Å². The Hall–Kier alpha value is -0.670. The first-order valence-electron chi connectivity index (χ1n) is 9.33. The van der Waals surface area contributed by atoms with E-state index in [0.717, 1.165) is 32.1 Å². The lowest BCUT2D eigenvalue weighted by Gasteiger charge is -2.60. The lowest BCUT2D eigenvalue weighted by atomic mass is 9.46. The van der Waals surface area contributed by atoms with Crippen molar-refractivity contribution in [2.45, 2.75) is 77.4 Å². The van der Waals surface area contributed by atoms with Gasteiger partial charge in [0.05, 0.1) is 11.7 Å². The first kappa shape index (κ1) is 15.8. The number of carbonyl (C=O) groups excluding carboxylic acids is 1. The molecule has 0 bridgehead atoms. The zero-order valence-corrected chi connectivity index (χ0v) is 14.6. The van der Waals surface area contributed by atoms with Crippen molar-refractivity contribution in [2.75, 3.05) is 0 Å². The van der Waals surface area contributed by atoms with Gasteiger partial charge in [0.2, 0.25) is 0 Å². The lowest BCUT2D eigenvalue weighted by Crippen LogP contribution is -2.57. The summed E-state index contributed by atoms with van der Waals surface area (Å²) in [5, 5.41) is 21.9. The molecule has 7 atom stereocenters. The molecule has 4 aliphatic carbocycles. The molecule has 0 heterocycles. The Bertz CT molecular complexity index is 577. The van der Waals surface area contributed by atoms with Crippen LogP contribution in [-0.2, 0) is 4.79 Å². The average Bonchev–Trinajstić information content (AvgIpc) is 2.72. The van der Waals surface area contributed by atoms with E-state index < -0.39 is 5.60 Å². The first-order chi connectivity index (χ1) is 10.7. The number of carbonyl (C=O) groups is 1. The fourth-order valence-corrected chi connectivity index (χ4v) is 6.77. The van der Waals surface area contributed by atoms with Gasteiger partial charge in [0.25, 0.3) is 0 Å². The average molecular weight is 318 g/mol. The maximum Gasteiger partial charge on any atom is 0.155 e. The van der Waals surface area contributed by atoms with Crippen molar-refractivity contribution in [3.63, 3.8) is 0 Å². The molecule has 0 aromatic rings. The van der Waals surface area contributed by atoms with Crippen molar-refractivity contribution >= 4 is 5.78 Å². The minimum absolute atomic E-state index is 0.0722. The van der Waals surface area contributed by atoms with Crippen molar-refractivity contribution in [2.24, 2.45) is 28.6 Å². The predicted octanol–water partition coefficient (Wildman–Crippen LogP) is 3.24. The highest BCUT2D eigenvalue weighted by atomic mass is 16.3. The molecule has 23 heavy (non-hydrogen) atoms. The second-order valence-electron chi connectivity index (χ2n) is 9.38. The topological polar surface area (TPSA) is 57.5 Å². The fraction of sp³-hybridized carbons (Fsp3) is 0.850. The largest absolute Gasteiger partial charge is 0.392 e. The standard InChI is InChI=1S/C20H30O3/c1-18-7-4-13(21)10-12(18)11-16(22)17-14(18)5-8-19(2)15(17)6-9-20(19,3)23/h10,14-17,22-23H,4-9,11H2,1-3H3/t14-,15-,16-,17+,18-,19-,20-/m0/s1. The molecule has 0 spiro atoms. The monoisotopic (exact) mass is 318 g/mol. The normalized spacial score (nSPS) is 55.7. The van der Waals surface area contributed by atoms with E-state index in [1.54, 1.807) is 0 Å². The zero-order chi connectivity index (χ0) is 16.6. The van der Waals surface area contributed by atoms with Crippen molar-refractivity contribution in [1.29, 1.82) is 0 Å². The maximum atomic E-state index is 11.9. The number of ketones is 1. The summed E-state index contributed by atoms with van der Waals surface area (Å²) in [7, 11) is 0. The molecule has 0 amide bonds. The van der Waals surface area contributed by atoms with Crippen LogP contribution in [0, 0.1) is 28.6 Å². The van der Waals surface area contributed by atoms with Crippen LogP contribution in [0.1, 0.15) is 65.7 Å². The van der Waals surface area contributed by atoms with Crippen LogP contribution >= 0.6 is 0 Å². The Morgan fingerprint density at radius 3 is 2.52 bits per heavy atom. The van der Waals surface area contributed by atoms with Gasteiger partial charge in [-0.3, -0.25) is 4.79 Å². The minimum Gasteiger partial charge on any atom is -0.392 e. The lowest BCUT2D eigenvalue weighted by molar-refractivity contribution is -0.147. The molecule has 0 radical (unpaired) electrons. The SMILES string of the molecule is C[C@]12CCC(=O)C=C1C[C@H](O)[C@@H]1[C@@H]2CC[C@@]2(C)[C@H]1CC[C@]2(C)O. The van der Waals surface area contributed by atoms with E-state index >= 15 is 0 Å². The summed E-state index contributed by atoms with van der Waals surface area (Å²) in [5.41, 5.74) is 0.586. The van der Waals surface area contributed by atoms with E-state index in [1.807, 2.05) is 13.0 Å². The number of aliphatic hydroxyl groups excluding tert-OH is 1. The van der Waals surface area contributed by atoms with Gasteiger partial charge in [-0.15, -0.1) is 0 Å². The van der Waals surface area contributed by atoms with Crippen molar-refractivity contribution in [1.82, 2.24) is 0 Å². The highest BCUT2D eigenvalue weighted by molar-refractivity contribution is 5.91. The van der Waals surface area contributed by atoms with Gasteiger partial charge < -0.3 is 10.2 Å². The van der Waals surface area contributed by atoms with Crippen LogP contribution in [0.15, 0.2) is 11.6 Å². The summed E-state index contributed by atoms with van der Waals surface area (Å²) < 4.78 is 0. The first-order valence-corrected chi connectivity index (χ1v) is 9.33. The Labute approximate surface area is 139 Å². The third-order valence-corrected chi connectivity index (χ3v) is 8.55. The molecule has 0 aromatic carbocycles. The molecule has 4 rings (SSSR count). The van der Waals surface area contributed by atoms with Gasteiger partial charge in [-0.05, 0) is 80.1 Å². The van der Waals surface area contributed by atoms with E-state index in [2.05, 4.69) is 13.8 Å². The number of fused-ring (bicyclic) bond motifs is 5. The molecule has 3 fully saturated rings. The van der Waals surface area contributed by atoms with Gasteiger partial charge in [0.1, 0.15) is 0 Å². The summed E-state index contributed by atoms with van der Waals surface area (Å²) in [5.74, 6) is 1.37. The highest BCUT2D eigenvalue weighted by Crippen LogP contribution is 2.67. The molecule has 2 N–H and O–H groups in total. The Kier molecular flexibility index (Phi) is 3.23. The molecule has 0 aliphatic heterocycles. The quantitative estimate of drug-likeness (QED) is 0.721. The predicted molar refractivity (Wildman–Crippen MR) is 88.7 cm³/mol. The maximum absolute atomic E-state index is 11.9. The fourth-order valence-electron chi connectivity index (χ4n) is 6.77. The molecule has 0 unspecified atom stereocenters. The molecule has 0 aromatic heterocycles. The molecule has 128 valence electrons. The highest BCUT2D eigenvalue weighted by Gasteiger charge is 2.64. The van der Waals surface area contributed by atoms with E-state index in [1.165, 1.54) is 5.57 Å². The third kappa shape index (κ3) is 1.93. The minimum atomic E-state index is -0.609. The van der Waals surface area contributed by atoms with Gasteiger partial charge >= 0.3 is 0 Å². The van der Waals surface area contributed by atoms with Crippen LogP contribution in [0.4, 0.5) is 0 Å². The van der Waals surface area contributed by atoms with Crippen molar-refractivity contribution < 1.29 is 15.0 Å². The number of hydrogen-bond donors (Lipinski definition) is 2. The Morgan fingerprint density at radius 2 is 1.78 bits per heavy atom. The molecular weight excluding hydrogens is 288 g/mol. The molecule has 4 aliphatic rings. The second kappa shape index (κ2) is 4.70. The summed E-state index contributed by atoms with van der Waals surface area (Å²) in [6, 6.07) is 0. The zero-order valence-electron chi connectivity index (χ0n) is 14.6. The molecule has 3 heteroatoms. The Morgan fingerprint density at radius 1 is 1.09 bits per heavy atom. The van der Waals surface area contributed by atoms with Crippen LogP contribution in [0.3, 0.4) is 0 Å². The number of aliphatic hydroxyl groups is 2. The molecule has 3 nitrogen and oxygen atoms in total. The smallest absolute Gasteiger partial charge is 0.155 e. The van der Waals surface area contributed by atoms with Crippen LogP contribution in [0.25, 0.3) is 0 Å². The summed E-state index contributed by atoms with van der Waals surface area (Å²) >= 11 is 0. The van der Waals surface area contributed by atoms with E-state index in [0.29, 0.717) is 24.7 Å². The summed E-state index contributed by atoms with van der Waals surface area (Å²) in [6.45, 7) is 6.56. The van der Waals surface area contributed by atoms with Crippen molar-refractivity contribution in [3.8, 4) is 0 Å². The summed E-state index contributed by atoms with van der Waals surface area (Å²) in [4.78, 5) is 11.9. The van der Waals surface area contributed by atoms with Crippen LogP contribution in [0.5, 0.6) is 0 Å². The molecular formula is C20H30O3. The second-order valence-corrected chi connectivity index (χ2v) is 9.38. The number of rotatable bonds is 0. The van der Waals surface area contributed by atoms with Crippen LogP contribution < -0.4 is 0 Å². The van der Waals surface area contributed by atoms with Gasteiger partial charge in [-0.2, -0.15) is 0 Å². The van der Waals surface area contributed by atoms with Crippen LogP contribution in [0.2, 0.25) is 0 Å².